The quantitative estimate of drug-likeness (QED) is 0.899. The Morgan fingerprint density at radius 1 is 1.16 bits per heavy atom. The molecule has 0 amide bonds. The number of nitrogens with zero attached hydrogens (tertiary/aromatic N) is 2. The van der Waals surface area contributed by atoms with Crippen molar-refractivity contribution in [2.45, 2.75) is 43.6 Å². The fourth-order valence-corrected chi connectivity index (χ4v) is 4.19. The summed E-state index contributed by atoms with van der Waals surface area (Å²) in [4.78, 5) is 4.69. The second kappa shape index (κ2) is 4.56. The van der Waals surface area contributed by atoms with Crippen molar-refractivity contribution >= 4 is 0 Å². The van der Waals surface area contributed by atoms with Crippen LogP contribution in [0.15, 0.2) is 4.52 Å². The predicted octanol–water partition coefficient (Wildman–Crippen LogP) is 1.67. The lowest BCUT2D eigenvalue weighted by Crippen LogP contribution is -2.31. The molecule has 0 spiro atoms. The molecule has 0 aromatic carbocycles. The van der Waals surface area contributed by atoms with Gasteiger partial charge < -0.3 is 14.6 Å². The number of nitrogens with one attached hydrogen (secondary N) is 1. The normalized spacial score (nSPS) is 41.2. The van der Waals surface area contributed by atoms with E-state index in [0.717, 1.165) is 30.2 Å². The van der Waals surface area contributed by atoms with Gasteiger partial charge in [-0.1, -0.05) is 11.6 Å². The van der Waals surface area contributed by atoms with Crippen molar-refractivity contribution in [2.75, 3.05) is 20.3 Å². The van der Waals surface area contributed by atoms with Gasteiger partial charge in [0.1, 0.15) is 0 Å². The number of likely N-dealkylation sites (N-methyl/N-ethyl adjacent to an activating group) is 1. The Labute approximate surface area is 113 Å². The van der Waals surface area contributed by atoms with Gasteiger partial charge in [-0.2, -0.15) is 4.98 Å². The van der Waals surface area contributed by atoms with Crippen molar-refractivity contribution in [3.05, 3.63) is 11.7 Å². The monoisotopic (exact) mass is 263 g/mol. The molecule has 2 heterocycles. The van der Waals surface area contributed by atoms with Gasteiger partial charge in [0.2, 0.25) is 5.89 Å². The summed E-state index contributed by atoms with van der Waals surface area (Å²) < 4.78 is 11.0. The van der Waals surface area contributed by atoms with Crippen LogP contribution < -0.4 is 5.32 Å². The zero-order valence-corrected chi connectivity index (χ0v) is 11.3. The first-order chi connectivity index (χ1) is 9.35. The Balaban J connectivity index is 1.53. The molecule has 5 nitrogen and oxygen atoms in total. The summed E-state index contributed by atoms with van der Waals surface area (Å²) >= 11 is 0. The smallest absolute Gasteiger partial charge is 0.233 e. The molecule has 5 atom stereocenters. The first-order valence-electron chi connectivity index (χ1n) is 7.43. The summed E-state index contributed by atoms with van der Waals surface area (Å²) in [6.07, 6.45) is 5.40. The van der Waals surface area contributed by atoms with E-state index in [0.29, 0.717) is 18.6 Å². The average Bonchev–Trinajstić information content (AvgIpc) is 3.19. The molecule has 1 saturated heterocycles. The third-order valence-electron chi connectivity index (χ3n) is 5.30. The number of ether oxygens (including phenoxy) is 1. The molecule has 2 saturated carbocycles. The summed E-state index contributed by atoms with van der Waals surface area (Å²) in [7, 11) is 1.96. The number of rotatable bonds is 3. The van der Waals surface area contributed by atoms with Crippen LogP contribution in [0.2, 0.25) is 0 Å². The highest BCUT2D eigenvalue weighted by atomic mass is 16.5. The topological polar surface area (TPSA) is 60.2 Å². The van der Waals surface area contributed by atoms with Gasteiger partial charge in [-0.25, -0.2) is 0 Å². The molecule has 4 rings (SSSR count). The lowest BCUT2D eigenvalue weighted by molar-refractivity contribution is 0.185. The molecule has 1 aromatic rings. The van der Waals surface area contributed by atoms with Crippen LogP contribution in [-0.2, 0) is 4.74 Å². The van der Waals surface area contributed by atoms with Gasteiger partial charge in [-0.3, -0.25) is 0 Å². The SMILES string of the molecule is CNC1COCC1c1nc(C2CC3CCC2C3)no1. The van der Waals surface area contributed by atoms with E-state index in [1.807, 2.05) is 7.05 Å². The van der Waals surface area contributed by atoms with Gasteiger partial charge in [-0.15, -0.1) is 0 Å². The van der Waals surface area contributed by atoms with E-state index < -0.39 is 0 Å². The molecule has 5 unspecified atom stereocenters. The van der Waals surface area contributed by atoms with E-state index in [4.69, 9.17) is 14.2 Å². The van der Waals surface area contributed by atoms with E-state index in [2.05, 4.69) is 10.5 Å². The molecule has 2 aliphatic carbocycles. The molecule has 1 aromatic heterocycles. The minimum atomic E-state index is 0.213. The van der Waals surface area contributed by atoms with Crippen molar-refractivity contribution in [3.63, 3.8) is 0 Å². The molecule has 1 aliphatic heterocycles. The molecule has 5 heteroatoms. The molecular weight excluding hydrogens is 242 g/mol. The lowest BCUT2D eigenvalue weighted by atomic mass is 9.88. The van der Waals surface area contributed by atoms with Gasteiger partial charge in [0.15, 0.2) is 5.82 Å². The lowest BCUT2D eigenvalue weighted by Gasteiger charge is -2.17. The van der Waals surface area contributed by atoms with Gasteiger partial charge in [0, 0.05) is 12.0 Å². The first kappa shape index (κ1) is 11.9. The zero-order valence-electron chi connectivity index (χ0n) is 11.3. The third-order valence-corrected chi connectivity index (χ3v) is 5.30. The fraction of sp³-hybridized carbons (Fsp3) is 0.857. The van der Waals surface area contributed by atoms with Crippen LogP contribution in [0, 0.1) is 11.8 Å². The summed E-state index contributed by atoms with van der Waals surface area (Å²) in [5, 5.41) is 7.53. The number of fused-ring (bicyclic) bond motifs is 2. The Bertz CT molecular complexity index is 441. The van der Waals surface area contributed by atoms with E-state index in [9.17, 15) is 0 Å². The average molecular weight is 263 g/mol. The van der Waals surface area contributed by atoms with Crippen molar-refractivity contribution < 1.29 is 9.26 Å². The zero-order chi connectivity index (χ0) is 12.8. The minimum Gasteiger partial charge on any atom is -0.379 e. The number of aromatic nitrogens is 2. The van der Waals surface area contributed by atoms with Crippen LogP contribution in [0.3, 0.4) is 0 Å². The molecule has 3 aliphatic rings. The van der Waals surface area contributed by atoms with Crippen LogP contribution in [0.25, 0.3) is 0 Å². The molecule has 3 fully saturated rings. The predicted molar refractivity (Wildman–Crippen MR) is 68.9 cm³/mol. The van der Waals surface area contributed by atoms with Crippen molar-refractivity contribution in [2.24, 2.45) is 11.8 Å². The third kappa shape index (κ3) is 1.91. The summed E-state index contributed by atoms with van der Waals surface area (Å²) in [5.74, 6) is 4.18. The van der Waals surface area contributed by atoms with Crippen LogP contribution in [0.5, 0.6) is 0 Å². The molecule has 2 bridgehead atoms. The van der Waals surface area contributed by atoms with Crippen LogP contribution in [-0.4, -0.2) is 36.4 Å². The second-order valence-corrected chi connectivity index (χ2v) is 6.31. The van der Waals surface area contributed by atoms with E-state index in [1.165, 1.54) is 25.7 Å². The first-order valence-corrected chi connectivity index (χ1v) is 7.43. The maximum absolute atomic E-state index is 5.52. The largest absolute Gasteiger partial charge is 0.379 e. The highest BCUT2D eigenvalue weighted by Crippen LogP contribution is 2.52. The Kier molecular flexibility index (Phi) is 2.84. The minimum absolute atomic E-state index is 0.213. The van der Waals surface area contributed by atoms with Crippen LogP contribution in [0.1, 0.15) is 49.2 Å². The Morgan fingerprint density at radius 2 is 2.11 bits per heavy atom. The van der Waals surface area contributed by atoms with Gasteiger partial charge in [0.05, 0.1) is 19.1 Å². The standard InChI is InChI=1S/C14H21N3O2/c1-15-12-7-18-6-11(12)14-16-13(17-19-14)10-5-8-2-3-9(10)4-8/h8-12,15H,2-7H2,1H3. The van der Waals surface area contributed by atoms with Crippen molar-refractivity contribution in [3.8, 4) is 0 Å². The van der Waals surface area contributed by atoms with E-state index in [1.54, 1.807) is 0 Å². The highest BCUT2D eigenvalue weighted by molar-refractivity contribution is 5.09. The van der Waals surface area contributed by atoms with Crippen LogP contribution in [0.4, 0.5) is 0 Å². The Morgan fingerprint density at radius 3 is 2.84 bits per heavy atom. The molecule has 104 valence electrons. The summed E-state index contributed by atoms with van der Waals surface area (Å²) in [6.45, 7) is 1.41. The Hall–Kier alpha value is -0.940. The maximum Gasteiger partial charge on any atom is 0.233 e. The fourth-order valence-electron chi connectivity index (χ4n) is 4.19. The van der Waals surface area contributed by atoms with Crippen molar-refractivity contribution in [1.82, 2.24) is 15.5 Å². The highest BCUT2D eigenvalue weighted by Gasteiger charge is 2.43. The summed E-state index contributed by atoms with van der Waals surface area (Å²) in [5.41, 5.74) is 0. The van der Waals surface area contributed by atoms with Crippen LogP contribution >= 0.6 is 0 Å². The van der Waals surface area contributed by atoms with Gasteiger partial charge >= 0.3 is 0 Å². The second-order valence-electron chi connectivity index (χ2n) is 6.31. The summed E-state index contributed by atoms with van der Waals surface area (Å²) in [6, 6.07) is 0.299. The van der Waals surface area contributed by atoms with Gasteiger partial charge in [0.25, 0.3) is 0 Å². The molecule has 0 radical (unpaired) electrons. The molecular formula is C14H21N3O2. The van der Waals surface area contributed by atoms with E-state index >= 15 is 0 Å². The maximum atomic E-state index is 5.52. The molecule has 1 N–H and O–H groups in total. The van der Waals surface area contributed by atoms with Crippen molar-refractivity contribution in [1.29, 1.82) is 0 Å². The van der Waals surface area contributed by atoms with Gasteiger partial charge in [-0.05, 0) is 38.1 Å². The molecule has 19 heavy (non-hydrogen) atoms. The number of hydrogen-bond acceptors (Lipinski definition) is 5. The van der Waals surface area contributed by atoms with E-state index in [-0.39, 0.29) is 5.92 Å². The number of hydrogen-bond donors (Lipinski definition) is 1.